The Morgan fingerprint density at radius 2 is 1.92 bits per heavy atom. The van der Waals surface area contributed by atoms with Gasteiger partial charge < -0.3 is 4.98 Å². The Kier molecular flexibility index (Phi) is 3.07. The van der Waals surface area contributed by atoms with E-state index in [1.54, 1.807) is 0 Å². The lowest BCUT2D eigenvalue weighted by molar-refractivity contribution is 1.17. The topological polar surface area (TPSA) is 28.7 Å². The van der Waals surface area contributed by atoms with E-state index >= 15 is 0 Å². The molecule has 0 radical (unpaired) electrons. The number of fused-ring (bicyclic) bond motifs is 1. The Balaban J connectivity index is 0.000000396. The highest BCUT2D eigenvalue weighted by Crippen LogP contribution is 2.16. The lowest BCUT2D eigenvalue weighted by Gasteiger charge is -1.98. The highest BCUT2D eigenvalue weighted by Gasteiger charge is 2.00. The van der Waals surface area contributed by atoms with Gasteiger partial charge in [0.15, 0.2) is 0 Å². The molecular weight excluding hydrogens is 160 g/mol. The van der Waals surface area contributed by atoms with E-state index in [2.05, 4.69) is 16.9 Å². The Morgan fingerprint density at radius 3 is 2.62 bits per heavy atom. The lowest BCUT2D eigenvalue weighted by atomic mass is 10.2. The fraction of sp³-hybridized carbons (Fsp3) is 0.364. The third-order valence-electron chi connectivity index (χ3n) is 2.09. The number of pyridine rings is 1. The number of aryl methyl sites for hydroxylation is 2. The minimum Gasteiger partial charge on any atom is -0.361 e. The summed E-state index contributed by atoms with van der Waals surface area (Å²) in [5, 5.41) is 1.19. The molecule has 2 rings (SSSR count). The molecule has 0 saturated carbocycles. The molecule has 1 N–H and O–H groups in total. The van der Waals surface area contributed by atoms with Gasteiger partial charge in [-0.2, -0.15) is 0 Å². The standard InChI is InChI=1S/C9H10N2.C2H6/c1-6-7(2)11-5-8-3-4-10-9(6)8;1-2/h3-5,10H,1-2H3;1-2H3. The molecular formula is C11H16N2. The summed E-state index contributed by atoms with van der Waals surface area (Å²) in [5.74, 6) is 0. The Morgan fingerprint density at radius 1 is 1.23 bits per heavy atom. The van der Waals surface area contributed by atoms with E-state index < -0.39 is 0 Å². The van der Waals surface area contributed by atoms with Crippen LogP contribution in [0.1, 0.15) is 25.1 Å². The molecule has 0 saturated heterocycles. The van der Waals surface area contributed by atoms with E-state index in [4.69, 9.17) is 0 Å². The van der Waals surface area contributed by atoms with Crippen molar-refractivity contribution < 1.29 is 0 Å². The van der Waals surface area contributed by atoms with Crippen molar-refractivity contribution in [2.75, 3.05) is 0 Å². The first-order valence-electron chi connectivity index (χ1n) is 4.68. The van der Waals surface area contributed by atoms with E-state index in [-0.39, 0.29) is 0 Å². The van der Waals surface area contributed by atoms with Crippen LogP contribution < -0.4 is 0 Å². The zero-order chi connectivity index (χ0) is 9.84. The number of nitrogens with zero attached hydrogens (tertiary/aromatic N) is 1. The number of H-pyrrole nitrogens is 1. The van der Waals surface area contributed by atoms with Crippen molar-refractivity contribution in [3.05, 3.63) is 29.7 Å². The Labute approximate surface area is 79.0 Å². The van der Waals surface area contributed by atoms with Crippen LogP contribution in [0, 0.1) is 13.8 Å². The molecule has 0 fully saturated rings. The van der Waals surface area contributed by atoms with E-state index in [0.717, 1.165) is 5.69 Å². The van der Waals surface area contributed by atoms with Gasteiger partial charge in [0, 0.05) is 23.5 Å². The molecule has 0 spiro atoms. The number of aromatic amines is 1. The first-order chi connectivity index (χ1) is 6.29. The number of aromatic nitrogens is 2. The third-order valence-corrected chi connectivity index (χ3v) is 2.09. The fourth-order valence-electron chi connectivity index (χ4n) is 1.26. The summed E-state index contributed by atoms with van der Waals surface area (Å²) in [4.78, 5) is 7.45. The number of hydrogen-bond donors (Lipinski definition) is 1. The summed E-state index contributed by atoms with van der Waals surface area (Å²) in [5.41, 5.74) is 3.55. The maximum atomic E-state index is 4.26. The Hall–Kier alpha value is -1.31. The van der Waals surface area contributed by atoms with Crippen LogP contribution in [0.2, 0.25) is 0 Å². The fourth-order valence-corrected chi connectivity index (χ4v) is 1.26. The van der Waals surface area contributed by atoms with Gasteiger partial charge >= 0.3 is 0 Å². The van der Waals surface area contributed by atoms with Crippen molar-refractivity contribution in [2.45, 2.75) is 27.7 Å². The molecule has 0 amide bonds. The second kappa shape index (κ2) is 4.08. The molecule has 0 aliphatic carbocycles. The average Bonchev–Trinajstić information content (AvgIpc) is 2.63. The van der Waals surface area contributed by atoms with Crippen molar-refractivity contribution >= 4 is 10.9 Å². The lowest BCUT2D eigenvalue weighted by Crippen LogP contribution is -1.86. The van der Waals surface area contributed by atoms with Gasteiger partial charge in [-0.3, -0.25) is 4.98 Å². The SMILES string of the molecule is CC.Cc1ncc2cc[nH]c2c1C. The number of hydrogen-bond acceptors (Lipinski definition) is 1. The summed E-state index contributed by atoms with van der Waals surface area (Å²) in [6.45, 7) is 8.11. The van der Waals surface area contributed by atoms with E-state index in [1.807, 2.05) is 39.2 Å². The van der Waals surface area contributed by atoms with Crippen LogP contribution in [-0.4, -0.2) is 9.97 Å². The minimum atomic E-state index is 1.10. The van der Waals surface area contributed by atoms with Crippen LogP contribution in [0.5, 0.6) is 0 Å². The van der Waals surface area contributed by atoms with Crippen LogP contribution in [-0.2, 0) is 0 Å². The molecule has 13 heavy (non-hydrogen) atoms. The smallest absolute Gasteiger partial charge is 0.0517 e. The van der Waals surface area contributed by atoms with Crippen molar-refractivity contribution in [3.8, 4) is 0 Å². The normalized spacial score (nSPS) is 9.54. The maximum Gasteiger partial charge on any atom is 0.0517 e. The highest BCUT2D eigenvalue weighted by molar-refractivity contribution is 5.81. The van der Waals surface area contributed by atoms with E-state index in [1.165, 1.54) is 16.5 Å². The molecule has 2 nitrogen and oxygen atoms in total. The van der Waals surface area contributed by atoms with E-state index in [0.29, 0.717) is 0 Å². The molecule has 0 aliphatic heterocycles. The predicted molar refractivity (Wildman–Crippen MR) is 56.9 cm³/mol. The maximum absolute atomic E-state index is 4.26. The largest absolute Gasteiger partial charge is 0.361 e. The molecule has 0 aromatic carbocycles. The zero-order valence-corrected chi connectivity index (χ0v) is 8.68. The monoisotopic (exact) mass is 176 g/mol. The molecule has 0 unspecified atom stereocenters. The molecule has 0 atom stereocenters. The molecule has 2 heteroatoms. The number of nitrogens with one attached hydrogen (secondary N) is 1. The van der Waals surface area contributed by atoms with Gasteiger partial charge in [0.25, 0.3) is 0 Å². The first-order valence-corrected chi connectivity index (χ1v) is 4.68. The zero-order valence-electron chi connectivity index (χ0n) is 8.68. The summed E-state index contributed by atoms with van der Waals surface area (Å²) in [6, 6.07) is 2.04. The van der Waals surface area contributed by atoms with Crippen LogP contribution in [0.4, 0.5) is 0 Å². The van der Waals surface area contributed by atoms with Gasteiger partial charge in [0.05, 0.1) is 5.52 Å². The van der Waals surface area contributed by atoms with Gasteiger partial charge in [-0.1, -0.05) is 13.8 Å². The average molecular weight is 176 g/mol. The van der Waals surface area contributed by atoms with Crippen molar-refractivity contribution in [1.82, 2.24) is 9.97 Å². The van der Waals surface area contributed by atoms with Crippen LogP contribution in [0.15, 0.2) is 18.5 Å². The third kappa shape index (κ3) is 1.72. The second-order valence-electron chi connectivity index (χ2n) is 2.78. The number of rotatable bonds is 0. The van der Waals surface area contributed by atoms with Crippen LogP contribution in [0.25, 0.3) is 10.9 Å². The first kappa shape index (κ1) is 9.78. The van der Waals surface area contributed by atoms with Gasteiger partial charge in [0.1, 0.15) is 0 Å². The summed E-state index contributed by atoms with van der Waals surface area (Å²) < 4.78 is 0. The van der Waals surface area contributed by atoms with Crippen molar-refractivity contribution in [2.24, 2.45) is 0 Å². The highest BCUT2D eigenvalue weighted by atomic mass is 14.7. The van der Waals surface area contributed by atoms with E-state index in [9.17, 15) is 0 Å². The summed E-state index contributed by atoms with van der Waals surface area (Å²) >= 11 is 0. The predicted octanol–water partition coefficient (Wildman–Crippen LogP) is 3.21. The van der Waals surface area contributed by atoms with Crippen molar-refractivity contribution in [3.63, 3.8) is 0 Å². The second-order valence-corrected chi connectivity index (χ2v) is 2.78. The molecule has 70 valence electrons. The summed E-state index contributed by atoms with van der Waals surface area (Å²) in [6.07, 6.45) is 3.84. The van der Waals surface area contributed by atoms with Crippen molar-refractivity contribution in [1.29, 1.82) is 0 Å². The van der Waals surface area contributed by atoms with Gasteiger partial charge in [0.2, 0.25) is 0 Å². The Bertz CT molecular complexity index is 388. The van der Waals surface area contributed by atoms with Gasteiger partial charge in [-0.25, -0.2) is 0 Å². The molecule has 2 heterocycles. The van der Waals surface area contributed by atoms with Crippen LogP contribution in [0.3, 0.4) is 0 Å². The van der Waals surface area contributed by atoms with Gasteiger partial charge in [-0.05, 0) is 25.5 Å². The molecule has 0 bridgehead atoms. The van der Waals surface area contributed by atoms with Gasteiger partial charge in [-0.15, -0.1) is 0 Å². The summed E-state index contributed by atoms with van der Waals surface area (Å²) in [7, 11) is 0. The molecule has 2 aromatic heterocycles. The minimum absolute atomic E-state index is 1.10. The van der Waals surface area contributed by atoms with Crippen LogP contribution >= 0.6 is 0 Å². The molecule has 0 aliphatic rings. The quantitative estimate of drug-likeness (QED) is 0.656. The molecule has 2 aromatic rings.